The minimum absolute atomic E-state index is 0.124. The Bertz CT molecular complexity index is 761. The number of carbonyl (C=O) groups excluding carboxylic acids is 1. The van der Waals surface area contributed by atoms with Gasteiger partial charge in [-0.25, -0.2) is 0 Å². The molecule has 1 aromatic heterocycles. The first-order valence-corrected chi connectivity index (χ1v) is 6.61. The van der Waals surface area contributed by atoms with E-state index in [-0.39, 0.29) is 5.91 Å². The van der Waals surface area contributed by atoms with Crippen LogP contribution in [0.5, 0.6) is 0 Å². The van der Waals surface area contributed by atoms with E-state index in [1.165, 1.54) is 0 Å². The van der Waals surface area contributed by atoms with Crippen molar-refractivity contribution >= 4 is 22.5 Å². The van der Waals surface area contributed by atoms with Crippen molar-refractivity contribution in [2.24, 2.45) is 0 Å². The number of para-hydroxylation sites is 2. The van der Waals surface area contributed by atoms with E-state index in [4.69, 9.17) is 0 Å². The van der Waals surface area contributed by atoms with Crippen molar-refractivity contribution in [1.29, 1.82) is 0 Å². The number of H-pyrrole nitrogens is 1. The van der Waals surface area contributed by atoms with Gasteiger partial charge in [0.25, 0.3) is 5.91 Å². The number of amides is 1. The van der Waals surface area contributed by atoms with Gasteiger partial charge in [0.1, 0.15) is 0 Å². The third kappa shape index (κ3) is 2.16. The van der Waals surface area contributed by atoms with Crippen LogP contribution in [0.2, 0.25) is 0 Å². The molecule has 1 amide bonds. The van der Waals surface area contributed by atoms with Crippen LogP contribution in [0.1, 0.15) is 22.8 Å². The molecule has 4 nitrogen and oxygen atoms in total. The van der Waals surface area contributed by atoms with Gasteiger partial charge in [-0.2, -0.15) is 5.10 Å². The molecule has 2 N–H and O–H groups in total. The van der Waals surface area contributed by atoms with Gasteiger partial charge < -0.3 is 5.32 Å². The molecule has 0 aliphatic carbocycles. The van der Waals surface area contributed by atoms with Gasteiger partial charge in [-0.15, -0.1) is 0 Å². The quantitative estimate of drug-likeness (QED) is 0.762. The van der Waals surface area contributed by atoms with E-state index in [9.17, 15) is 4.79 Å². The van der Waals surface area contributed by atoms with Crippen molar-refractivity contribution in [3.05, 3.63) is 59.8 Å². The molecule has 0 atom stereocenters. The summed E-state index contributed by atoms with van der Waals surface area (Å²) in [6.45, 7) is 2.07. The van der Waals surface area contributed by atoms with Crippen molar-refractivity contribution in [3.63, 3.8) is 0 Å². The van der Waals surface area contributed by atoms with Gasteiger partial charge in [-0.1, -0.05) is 37.3 Å². The molecule has 0 saturated carbocycles. The number of rotatable bonds is 3. The molecule has 3 rings (SSSR count). The molecule has 2 aromatic carbocycles. The van der Waals surface area contributed by atoms with Crippen LogP contribution in [0.3, 0.4) is 0 Å². The Morgan fingerprint density at radius 3 is 2.90 bits per heavy atom. The SMILES string of the molecule is CCc1ccccc1NC(=O)c1cccc2cn[nH]c12. The zero-order chi connectivity index (χ0) is 13.9. The number of fused-ring (bicyclic) bond motifs is 1. The number of nitrogens with one attached hydrogen (secondary N) is 2. The molecule has 0 fully saturated rings. The van der Waals surface area contributed by atoms with Crippen LogP contribution < -0.4 is 5.32 Å². The average molecular weight is 265 g/mol. The molecule has 1 heterocycles. The van der Waals surface area contributed by atoms with Crippen LogP contribution in [0.25, 0.3) is 10.9 Å². The number of hydrogen-bond donors (Lipinski definition) is 2. The molecule has 3 aromatic rings. The number of aromatic amines is 1. The summed E-state index contributed by atoms with van der Waals surface area (Å²) in [6.07, 6.45) is 2.59. The highest BCUT2D eigenvalue weighted by atomic mass is 16.1. The maximum absolute atomic E-state index is 12.4. The van der Waals surface area contributed by atoms with E-state index >= 15 is 0 Å². The van der Waals surface area contributed by atoms with E-state index < -0.39 is 0 Å². The minimum atomic E-state index is -0.124. The van der Waals surface area contributed by atoms with Crippen LogP contribution in [0.15, 0.2) is 48.7 Å². The Morgan fingerprint density at radius 2 is 2.05 bits per heavy atom. The number of anilines is 1. The molecule has 100 valence electrons. The molecule has 0 radical (unpaired) electrons. The highest BCUT2D eigenvalue weighted by Gasteiger charge is 2.12. The largest absolute Gasteiger partial charge is 0.322 e. The second kappa shape index (κ2) is 5.17. The fourth-order valence-corrected chi connectivity index (χ4v) is 2.30. The van der Waals surface area contributed by atoms with E-state index in [0.29, 0.717) is 5.56 Å². The van der Waals surface area contributed by atoms with Gasteiger partial charge in [0.15, 0.2) is 0 Å². The summed E-state index contributed by atoms with van der Waals surface area (Å²) in [4.78, 5) is 12.4. The minimum Gasteiger partial charge on any atom is -0.322 e. The average Bonchev–Trinajstić information content (AvgIpc) is 2.96. The lowest BCUT2D eigenvalue weighted by Gasteiger charge is -2.10. The van der Waals surface area contributed by atoms with Crippen molar-refractivity contribution < 1.29 is 4.79 Å². The lowest BCUT2D eigenvalue weighted by Crippen LogP contribution is -2.13. The van der Waals surface area contributed by atoms with Crippen LogP contribution in [0.4, 0.5) is 5.69 Å². The first-order valence-electron chi connectivity index (χ1n) is 6.61. The highest BCUT2D eigenvalue weighted by molar-refractivity contribution is 6.12. The van der Waals surface area contributed by atoms with Crippen molar-refractivity contribution in [2.75, 3.05) is 5.32 Å². The molecule has 4 heteroatoms. The summed E-state index contributed by atoms with van der Waals surface area (Å²) in [7, 11) is 0. The zero-order valence-corrected chi connectivity index (χ0v) is 11.2. The van der Waals surface area contributed by atoms with Crippen LogP contribution in [0, 0.1) is 0 Å². The van der Waals surface area contributed by atoms with Crippen LogP contribution >= 0.6 is 0 Å². The molecule has 0 spiro atoms. The van der Waals surface area contributed by atoms with E-state index in [2.05, 4.69) is 22.4 Å². The number of nitrogens with zero attached hydrogens (tertiary/aromatic N) is 1. The second-order valence-electron chi connectivity index (χ2n) is 4.60. The molecular formula is C16H15N3O. The lowest BCUT2D eigenvalue weighted by atomic mass is 10.1. The first kappa shape index (κ1) is 12.4. The monoisotopic (exact) mass is 265 g/mol. The number of hydrogen-bond acceptors (Lipinski definition) is 2. The highest BCUT2D eigenvalue weighted by Crippen LogP contribution is 2.20. The lowest BCUT2D eigenvalue weighted by molar-refractivity contribution is 0.102. The van der Waals surface area contributed by atoms with Gasteiger partial charge in [0.05, 0.1) is 17.3 Å². The Balaban J connectivity index is 1.95. The van der Waals surface area contributed by atoms with Gasteiger partial charge in [-0.3, -0.25) is 9.89 Å². The molecule has 0 bridgehead atoms. The molecular weight excluding hydrogens is 250 g/mol. The van der Waals surface area contributed by atoms with Gasteiger partial charge in [-0.05, 0) is 24.1 Å². The molecule has 20 heavy (non-hydrogen) atoms. The van der Waals surface area contributed by atoms with Gasteiger partial charge in [0, 0.05) is 11.1 Å². The van der Waals surface area contributed by atoms with Crippen LogP contribution in [-0.4, -0.2) is 16.1 Å². The van der Waals surface area contributed by atoms with E-state index in [1.807, 2.05) is 36.4 Å². The Kier molecular flexibility index (Phi) is 3.21. The summed E-state index contributed by atoms with van der Waals surface area (Å²) in [5.74, 6) is -0.124. The maximum atomic E-state index is 12.4. The fourth-order valence-electron chi connectivity index (χ4n) is 2.30. The summed E-state index contributed by atoms with van der Waals surface area (Å²) >= 11 is 0. The van der Waals surface area contributed by atoms with Gasteiger partial charge in [0.2, 0.25) is 0 Å². The second-order valence-corrected chi connectivity index (χ2v) is 4.60. The van der Waals surface area contributed by atoms with E-state index in [1.54, 1.807) is 12.3 Å². The summed E-state index contributed by atoms with van der Waals surface area (Å²) in [5, 5.41) is 10.8. The fraction of sp³-hybridized carbons (Fsp3) is 0.125. The number of aryl methyl sites for hydroxylation is 1. The molecule has 0 aliphatic rings. The molecule has 0 unspecified atom stereocenters. The first-order chi connectivity index (χ1) is 9.79. The Morgan fingerprint density at radius 1 is 1.20 bits per heavy atom. The Hall–Kier alpha value is -2.62. The van der Waals surface area contributed by atoms with E-state index in [0.717, 1.165) is 28.6 Å². The smallest absolute Gasteiger partial charge is 0.257 e. The predicted octanol–water partition coefficient (Wildman–Crippen LogP) is 3.38. The predicted molar refractivity (Wildman–Crippen MR) is 79.9 cm³/mol. The Labute approximate surface area is 116 Å². The third-order valence-electron chi connectivity index (χ3n) is 3.37. The van der Waals surface area contributed by atoms with Crippen molar-refractivity contribution in [2.45, 2.75) is 13.3 Å². The zero-order valence-electron chi connectivity index (χ0n) is 11.2. The molecule has 0 aliphatic heterocycles. The van der Waals surface area contributed by atoms with Crippen molar-refractivity contribution in [3.8, 4) is 0 Å². The topological polar surface area (TPSA) is 57.8 Å². The summed E-state index contributed by atoms with van der Waals surface area (Å²) in [5.41, 5.74) is 3.35. The standard InChI is InChI=1S/C16H15N3O/c1-2-11-6-3-4-9-14(11)18-16(20)13-8-5-7-12-10-17-19-15(12)13/h3-10H,2H2,1H3,(H,17,19)(H,18,20). The summed E-state index contributed by atoms with van der Waals surface area (Å²) in [6, 6.07) is 13.4. The number of carbonyl (C=O) groups is 1. The van der Waals surface area contributed by atoms with Crippen molar-refractivity contribution in [1.82, 2.24) is 10.2 Å². The van der Waals surface area contributed by atoms with Crippen LogP contribution in [-0.2, 0) is 6.42 Å². The number of benzene rings is 2. The van der Waals surface area contributed by atoms with Gasteiger partial charge >= 0.3 is 0 Å². The summed E-state index contributed by atoms with van der Waals surface area (Å²) < 4.78 is 0. The normalized spacial score (nSPS) is 10.7. The molecule has 0 saturated heterocycles. The maximum Gasteiger partial charge on any atom is 0.257 e. The third-order valence-corrected chi connectivity index (χ3v) is 3.37. The number of aromatic nitrogens is 2.